The van der Waals surface area contributed by atoms with Gasteiger partial charge in [-0.25, -0.2) is 0 Å². The lowest BCUT2D eigenvalue weighted by Crippen LogP contribution is -2.40. The summed E-state index contributed by atoms with van der Waals surface area (Å²) in [6.07, 6.45) is 0. The van der Waals surface area contributed by atoms with Gasteiger partial charge in [0, 0.05) is 30.2 Å². The standard InChI is InChI=1S/C22H20N2O/c1-25-18-8-14-4-2-3-5-19(14)20(11-18)15-6-7-16-10-22(17-12-23-13-17)24-21(16)9-15/h2-11,17,23-24H,12-13H2,1H3. The summed E-state index contributed by atoms with van der Waals surface area (Å²) in [6.45, 7) is 2.14. The molecule has 1 aromatic heterocycles. The van der Waals surface area contributed by atoms with E-state index in [1.165, 1.54) is 38.5 Å². The van der Waals surface area contributed by atoms with E-state index in [0.29, 0.717) is 5.92 Å². The summed E-state index contributed by atoms with van der Waals surface area (Å²) in [5.74, 6) is 1.51. The van der Waals surface area contributed by atoms with Crippen LogP contribution in [-0.4, -0.2) is 25.2 Å². The highest BCUT2D eigenvalue weighted by molar-refractivity contribution is 5.99. The predicted molar refractivity (Wildman–Crippen MR) is 103 cm³/mol. The number of ether oxygens (including phenoxy) is 1. The molecule has 2 N–H and O–H groups in total. The zero-order chi connectivity index (χ0) is 16.8. The van der Waals surface area contributed by atoms with Crippen LogP contribution in [0.2, 0.25) is 0 Å². The monoisotopic (exact) mass is 328 g/mol. The van der Waals surface area contributed by atoms with Gasteiger partial charge >= 0.3 is 0 Å². The minimum absolute atomic E-state index is 0.619. The van der Waals surface area contributed by atoms with Gasteiger partial charge in [-0.2, -0.15) is 0 Å². The smallest absolute Gasteiger partial charge is 0.120 e. The molecule has 124 valence electrons. The van der Waals surface area contributed by atoms with Gasteiger partial charge in [-0.1, -0.05) is 36.4 Å². The fourth-order valence-corrected chi connectivity index (χ4v) is 3.69. The zero-order valence-corrected chi connectivity index (χ0v) is 14.2. The maximum absolute atomic E-state index is 5.51. The molecule has 0 aliphatic carbocycles. The molecular weight excluding hydrogens is 308 g/mol. The van der Waals surface area contributed by atoms with Crippen molar-refractivity contribution < 1.29 is 4.74 Å². The molecule has 0 unspecified atom stereocenters. The number of hydrogen-bond acceptors (Lipinski definition) is 2. The normalized spacial score (nSPS) is 14.8. The Bertz CT molecular complexity index is 1080. The summed E-state index contributed by atoms with van der Waals surface area (Å²) in [4.78, 5) is 3.61. The van der Waals surface area contributed by atoms with E-state index in [1.807, 2.05) is 0 Å². The Labute approximate surface area is 146 Å². The summed E-state index contributed by atoms with van der Waals surface area (Å²) in [6, 6.07) is 21.7. The Morgan fingerprint density at radius 3 is 2.60 bits per heavy atom. The van der Waals surface area contributed by atoms with Gasteiger partial charge in [0.05, 0.1) is 7.11 Å². The number of methoxy groups -OCH3 is 1. The van der Waals surface area contributed by atoms with Crippen LogP contribution >= 0.6 is 0 Å². The molecule has 3 aromatic carbocycles. The van der Waals surface area contributed by atoms with Crippen molar-refractivity contribution in [3.05, 3.63) is 66.4 Å². The van der Waals surface area contributed by atoms with E-state index in [2.05, 4.69) is 71.0 Å². The number of rotatable bonds is 3. The molecule has 3 heteroatoms. The summed E-state index contributed by atoms with van der Waals surface area (Å²) >= 11 is 0. The van der Waals surface area contributed by atoms with Crippen molar-refractivity contribution >= 4 is 21.7 Å². The number of nitrogens with one attached hydrogen (secondary N) is 2. The Balaban J connectivity index is 1.68. The summed E-state index contributed by atoms with van der Waals surface area (Å²) in [5.41, 5.74) is 4.95. The topological polar surface area (TPSA) is 37.0 Å². The predicted octanol–water partition coefficient (Wildman–Crippen LogP) is 4.68. The molecule has 1 fully saturated rings. The van der Waals surface area contributed by atoms with E-state index in [-0.39, 0.29) is 0 Å². The van der Waals surface area contributed by atoms with E-state index in [9.17, 15) is 0 Å². The van der Waals surface area contributed by atoms with Crippen LogP contribution in [0.4, 0.5) is 0 Å². The van der Waals surface area contributed by atoms with Crippen LogP contribution in [0.5, 0.6) is 5.75 Å². The molecule has 25 heavy (non-hydrogen) atoms. The van der Waals surface area contributed by atoms with Crippen LogP contribution in [-0.2, 0) is 0 Å². The van der Waals surface area contributed by atoms with Crippen molar-refractivity contribution in [3.63, 3.8) is 0 Å². The van der Waals surface area contributed by atoms with E-state index >= 15 is 0 Å². The van der Waals surface area contributed by atoms with Gasteiger partial charge in [-0.3, -0.25) is 0 Å². The van der Waals surface area contributed by atoms with Gasteiger partial charge in [0.25, 0.3) is 0 Å². The maximum Gasteiger partial charge on any atom is 0.120 e. The first-order valence-electron chi connectivity index (χ1n) is 8.72. The van der Waals surface area contributed by atoms with E-state index in [0.717, 1.165) is 18.8 Å². The summed E-state index contributed by atoms with van der Waals surface area (Å²) in [7, 11) is 1.72. The SMILES string of the molecule is COc1cc(-c2ccc3cc(C4CNC4)[nH]c3c2)c2ccccc2c1. The van der Waals surface area contributed by atoms with Crippen molar-refractivity contribution in [2.45, 2.75) is 5.92 Å². The van der Waals surface area contributed by atoms with Crippen molar-refractivity contribution in [1.82, 2.24) is 10.3 Å². The Hall–Kier alpha value is -2.78. The van der Waals surface area contributed by atoms with E-state index in [4.69, 9.17) is 4.74 Å². The Kier molecular flexibility index (Phi) is 3.28. The van der Waals surface area contributed by atoms with Gasteiger partial charge in [0.1, 0.15) is 5.75 Å². The van der Waals surface area contributed by atoms with Crippen LogP contribution < -0.4 is 10.1 Å². The zero-order valence-electron chi connectivity index (χ0n) is 14.2. The average Bonchev–Trinajstić information content (AvgIpc) is 3.01. The van der Waals surface area contributed by atoms with Gasteiger partial charge in [-0.05, 0) is 51.6 Å². The summed E-state index contributed by atoms with van der Waals surface area (Å²) in [5, 5.41) is 7.06. The summed E-state index contributed by atoms with van der Waals surface area (Å²) < 4.78 is 5.51. The van der Waals surface area contributed by atoms with Crippen LogP contribution in [0, 0.1) is 0 Å². The lowest BCUT2D eigenvalue weighted by Gasteiger charge is -2.25. The van der Waals surface area contributed by atoms with Crippen molar-refractivity contribution in [2.24, 2.45) is 0 Å². The number of fused-ring (bicyclic) bond motifs is 2. The molecule has 0 bridgehead atoms. The number of aromatic amines is 1. The molecule has 4 aromatic rings. The lowest BCUT2D eigenvalue weighted by molar-refractivity contribution is 0.415. The number of aromatic nitrogens is 1. The highest BCUT2D eigenvalue weighted by Crippen LogP contribution is 2.35. The third-order valence-corrected chi connectivity index (χ3v) is 5.25. The lowest BCUT2D eigenvalue weighted by atomic mass is 9.97. The second kappa shape index (κ2) is 5.64. The molecule has 0 spiro atoms. The first-order valence-corrected chi connectivity index (χ1v) is 8.72. The number of benzene rings is 3. The first-order chi connectivity index (χ1) is 12.3. The maximum atomic E-state index is 5.51. The molecule has 1 saturated heterocycles. The van der Waals surface area contributed by atoms with Crippen molar-refractivity contribution in [1.29, 1.82) is 0 Å². The van der Waals surface area contributed by atoms with E-state index < -0.39 is 0 Å². The molecule has 1 aliphatic heterocycles. The van der Waals surface area contributed by atoms with Gasteiger partial charge < -0.3 is 15.0 Å². The van der Waals surface area contributed by atoms with Crippen LogP contribution in [0.3, 0.4) is 0 Å². The second-order valence-corrected chi connectivity index (χ2v) is 6.78. The molecule has 1 aliphatic rings. The fourth-order valence-electron chi connectivity index (χ4n) is 3.69. The highest BCUT2D eigenvalue weighted by Gasteiger charge is 2.20. The minimum atomic E-state index is 0.619. The molecule has 0 amide bonds. The van der Waals surface area contributed by atoms with Crippen LogP contribution in [0.15, 0.2) is 60.7 Å². The number of hydrogen-bond donors (Lipinski definition) is 2. The Morgan fingerprint density at radius 1 is 0.920 bits per heavy atom. The molecule has 0 saturated carbocycles. The molecule has 2 heterocycles. The largest absolute Gasteiger partial charge is 0.497 e. The van der Waals surface area contributed by atoms with Gasteiger partial charge in [0.2, 0.25) is 0 Å². The molecule has 0 atom stereocenters. The first kappa shape index (κ1) is 14.6. The highest BCUT2D eigenvalue weighted by atomic mass is 16.5. The minimum Gasteiger partial charge on any atom is -0.497 e. The molecule has 3 nitrogen and oxygen atoms in total. The van der Waals surface area contributed by atoms with Crippen LogP contribution in [0.25, 0.3) is 32.8 Å². The molecular formula is C22H20N2O. The average molecular weight is 328 g/mol. The van der Waals surface area contributed by atoms with Crippen LogP contribution in [0.1, 0.15) is 11.6 Å². The van der Waals surface area contributed by atoms with E-state index in [1.54, 1.807) is 7.11 Å². The van der Waals surface area contributed by atoms with Gasteiger partial charge in [-0.15, -0.1) is 0 Å². The van der Waals surface area contributed by atoms with Crippen molar-refractivity contribution in [2.75, 3.05) is 20.2 Å². The van der Waals surface area contributed by atoms with Gasteiger partial charge in [0.15, 0.2) is 0 Å². The van der Waals surface area contributed by atoms with Crippen molar-refractivity contribution in [3.8, 4) is 16.9 Å². The second-order valence-electron chi connectivity index (χ2n) is 6.78. The molecule has 5 rings (SSSR count). The number of H-pyrrole nitrogens is 1. The molecule has 0 radical (unpaired) electrons. The fraction of sp³-hybridized carbons (Fsp3) is 0.182. The third-order valence-electron chi connectivity index (χ3n) is 5.25. The quantitative estimate of drug-likeness (QED) is 0.573. The third kappa shape index (κ3) is 2.39. The Morgan fingerprint density at radius 2 is 1.80 bits per heavy atom.